The first-order chi connectivity index (χ1) is 6.06. The minimum atomic E-state index is -2.52. The van der Waals surface area contributed by atoms with Gasteiger partial charge in [-0.1, -0.05) is 0 Å². The van der Waals surface area contributed by atoms with E-state index in [4.69, 9.17) is 25.5 Å². The fourth-order valence-electron chi connectivity index (χ4n) is 0.496. The maximum absolute atomic E-state index is 9.01. The van der Waals surface area contributed by atoms with Gasteiger partial charge in [-0.15, -0.1) is 4.33 Å². The van der Waals surface area contributed by atoms with E-state index in [-0.39, 0.29) is 0 Å². The summed E-state index contributed by atoms with van der Waals surface area (Å²) >= 11 is -2.52. The van der Waals surface area contributed by atoms with E-state index in [0.29, 0.717) is 0 Å². The van der Waals surface area contributed by atoms with Crippen molar-refractivity contribution in [3.8, 4) is 0 Å². The highest BCUT2D eigenvalue weighted by atomic mass is 32.2. The lowest BCUT2D eigenvalue weighted by Gasteiger charge is -1.90. The molecule has 0 spiro atoms. The van der Waals surface area contributed by atoms with E-state index in [1.54, 1.807) is 24.3 Å². The molecular formula is C6H10N2O4S. The fraction of sp³-hybridized carbons (Fsp3) is 0. The van der Waals surface area contributed by atoms with Gasteiger partial charge in [-0.2, -0.15) is 4.21 Å². The lowest BCUT2D eigenvalue weighted by molar-refractivity contribution is -0.131. The first-order valence-corrected chi connectivity index (χ1v) is 4.13. The van der Waals surface area contributed by atoms with Crippen molar-refractivity contribution in [1.29, 1.82) is 0 Å². The Morgan fingerprint density at radius 1 is 1.15 bits per heavy atom. The van der Waals surface area contributed by atoms with E-state index < -0.39 is 11.4 Å². The van der Waals surface area contributed by atoms with Crippen LogP contribution in [0.4, 0.5) is 11.4 Å². The van der Waals surface area contributed by atoms with Crippen LogP contribution in [-0.2, 0) is 15.7 Å². The van der Waals surface area contributed by atoms with Crippen molar-refractivity contribution in [1.82, 2.24) is 0 Å². The number of hydrogen-bond acceptors (Lipinski definition) is 5. The van der Waals surface area contributed by atoms with Gasteiger partial charge < -0.3 is 11.5 Å². The van der Waals surface area contributed by atoms with Crippen molar-refractivity contribution < 1.29 is 18.4 Å². The molecule has 74 valence electrons. The molecule has 1 aromatic rings. The van der Waals surface area contributed by atoms with E-state index in [0.717, 1.165) is 11.4 Å². The Morgan fingerprint density at radius 2 is 1.38 bits per heavy atom. The van der Waals surface area contributed by atoms with Crippen LogP contribution >= 0.6 is 0 Å². The van der Waals surface area contributed by atoms with E-state index >= 15 is 0 Å². The smallest absolute Gasteiger partial charge is 0.330 e. The summed E-state index contributed by atoms with van der Waals surface area (Å²) < 4.78 is 19.1. The second-order valence-corrected chi connectivity index (χ2v) is 2.54. The zero-order valence-corrected chi connectivity index (χ0v) is 7.40. The molecule has 1 atom stereocenters. The fourth-order valence-corrected chi connectivity index (χ4v) is 0.496. The van der Waals surface area contributed by atoms with Crippen LogP contribution in [0.25, 0.3) is 0 Å². The summed E-state index contributed by atoms with van der Waals surface area (Å²) in [4.78, 5) is 0. The van der Waals surface area contributed by atoms with Crippen molar-refractivity contribution >= 4 is 22.7 Å². The normalized spacial score (nSPS) is 11.2. The Hall–Kier alpha value is -1.15. The van der Waals surface area contributed by atoms with Crippen LogP contribution in [-0.4, -0.2) is 14.0 Å². The summed E-state index contributed by atoms with van der Waals surface area (Å²) in [5, 5.41) is 7.09. The number of nitrogen functional groups attached to an aromatic ring is 2. The summed E-state index contributed by atoms with van der Waals surface area (Å²) in [5.74, 6) is 0. The van der Waals surface area contributed by atoms with Gasteiger partial charge in [0.1, 0.15) is 0 Å². The lowest BCUT2D eigenvalue weighted by atomic mass is 10.3. The summed E-state index contributed by atoms with van der Waals surface area (Å²) in [5.41, 5.74) is 12.2. The zero-order chi connectivity index (χ0) is 10.3. The minimum absolute atomic E-state index is 0.749. The van der Waals surface area contributed by atoms with Crippen molar-refractivity contribution in [2.45, 2.75) is 0 Å². The van der Waals surface area contributed by atoms with Crippen LogP contribution in [0.1, 0.15) is 0 Å². The predicted molar refractivity (Wildman–Crippen MR) is 49.8 cm³/mol. The van der Waals surface area contributed by atoms with Gasteiger partial charge in [0.15, 0.2) is 0 Å². The average Bonchev–Trinajstić information content (AvgIpc) is 2.11. The third kappa shape index (κ3) is 7.22. The molecule has 6 N–H and O–H groups in total. The maximum atomic E-state index is 9.01. The third-order valence-corrected chi connectivity index (χ3v) is 1.13. The van der Waals surface area contributed by atoms with E-state index in [2.05, 4.69) is 4.33 Å². The van der Waals surface area contributed by atoms with Crippen LogP contribution in [0, 0.1) is 0 Å². The Balaban J connectivity index is 0.000000252. The molecule has 0 bridgehead atoms. The largest absolute Gasteiger partial charge is 0.399 e. The van der Waals surface area contributed by atoms with Crippen molar-refractivity contribution in [2.75, 3.05) is 11.5 Å². The molecule has 6 nitrogen and oxygen atoms in total. The molecule has 0 radical (unpaired) electrons. The SMILES string of the molecule is Nc1ccc(N)cc1.O=S(O)OO. The van der Waals surface area contributed by atoms with E-state index in [1.807, 2.05) is 0 Å². The first-order valence-electron chi connectivity index (χ1n) is 3.10. The molecule has 1 rings (SSSR count). The van der Waals surface area contributed by atoms with Crippen molar-refractivity contribution in [2.24, 2.45) is 0 Å². The number of nitrogens with two attached hydrogens (primary N) is 2. The summed E-state index contributed by atoms with van der Waals surface area (Å²) in [7, 11) is 0. The van der Waals surface area contributed by atoms with Crippen LogP contribution in [0.15, 0.2) is 24.3 Å². The van der Waals surface area contributed by atoms with E-state index in [1.165, 1.54) is 0 Å². The molecule has 1 unspecified atom stereocenters. The quantitative estimate of drug-likeness (QED) is 0.229. The molecule has 0 saturated carbocycles. The van der Waals surface area contributed by atoms with E-state index in [9.17, 15) is 0 Å². The monoisotopic (exact) mass is 206 g/mol. The van der Waals surface area contributed by atoms with Gasteiger partial charge in [0.2, 0.25) is 0 Å². The maximum Gasteiger partial charge on any atom is 0.330 e. The second kappa shape index (κ2) is 6.38. The first kappa shape index (κ1) is 11.8. The molecule has 7 heteroatoms. The predicted octanol–water partition coefficient (Wildman–Crippen LogP) is 0.464. The zero-order valence-electron chi connectivity index (χ0n) is 6.58. The van der Waals surface area contributed by atoms with Crippen molar-refractivity contribution in [3.63, 3.8) is 0 Å². The van der Waals surface area contributed by atoms with Gasteiger partial charge in [0.25, 0.3) is 0 Å². The average molecular weight is 206 g/mol. The Labute approximate surface area is 77.5 Å². The number of rotatable bonds is 1. The number of anilines is 2. The van der Waals surface area contributed by atoms with Crippen LogP contribution < -0.4 is 11.5 Å². The van der Waals surface area contributed by atoms with Crippen LogP contribution in [0.2, 0.25) is 0 Å². The highest BCUT2D eigenvalue weighted by Crippen LogP contribution is 2.04. The van der Waals surface area contributed by atoms with Crippen LogP contribution in [0.3, 0.4) is 0 Å². The summed E-state index contributed by atoms with van der Waals surface area (Å²) in [6, 6.07) is 7.09. The molecular weight excluding hydrogens is 196 g/mol. The van der Waals surface area contributed by atoms with Gasteiger partial charge in [0, 0.05) is 11.4 Å². The molecule has 0 fully saturated rings. The van der Waals surface area contributed by atoms with Gasteiger partial charge in [0.05, 0.1) is 0 Å². The highest BCUT2D eigenvalue weighted by Gasteiger charge is 1.80. The Bertz CT molecular complexity index is 243. The number of benzene rings is 1. The summed E-state index contributed by atoms with van der Waals surface area (Å²) in [6.07, 6.45) is 0. The van der Waals surface area contributed by atoms with Crippen molar-refractivity contribution in [3.05, 3.63) is 24.3 Å². The summed E-state index contributed by atoms with van der Waals surface area (Å²) in [6.45, 7) is 0. The van der Waals surface area contributed by atoms with Crippen LogP contribution in [0.5, 0.6) is 0 Å². The number of hydrogen-bond donors (Lipinski definition) is 4. The second-order valence-electron chi connectivity index (χ2n) is 1.96. The molecule has 0 aliphatic heterocycles. The minimum Gasteiger partial charge on any atom is -0.399 e. The Morgan fingerprint density at radius 3 is 1.54 bits per heavy atom. The molecule has 0 aliphatic rings. The lowest BCUT2D eigenvalue weighted by Crippen LogP contribution is -1.86. The van der Waals surface area contributed by atoms with Gasteiger partial charge in [-0.3, -0.25) is 4.55 Å². The highest BCUT2D eigenvalue weighted by molar-refractivity contribution is 7.74. The standard InChI is InChI=1S/C6H8N2.H2O4S/c7-5-1-2-6(8)4-3-5;1-4-5(2)3/h1-4H,7-8H2;1H,(H,2,3). The van der Waals surface area contributed by atoms with Gasteiger partial charge in [-0.05, 0) is 24.3 Å². The molecule has 0 amide bonds. The molecule has 1 aromatic carbocycles. The molecule has 13 heavy (non-hydrogen) atoms. The molecule has 0 aliphatic carbocycles. The van der Waals surface area contributed by atoms with Gasteiger partial charge in [-0.25, -0.2) is 5.26 Å². The molecule has 0 heterocycles. The molecule has 0 aromatic heterocycles. The topological polar surface area (TPSA) is 119 Å². The van der Waals surface area contributed by atoms with Gasteiger partial charge >= 0.3 is 11.4 Å². The molecule has 0 saturated heterocycles. The Kier molecular flexibility index (Phi) is 5.81. The third-order valence-electron chi connectivity index (χ3n) is 1.00.